The number of thiazole rings is 1. The van der Waals surface area contributed by atoms with E-state index in [2.05, 4.69) is 5.32 Å². The first kappa shape index (κ1) is 26.0. The van der Waals surface area contributed by atoms with Gasteiger partial charge in [0.1, 0.15) is 11.4 Å². The molecule has 1 fully saturated rings. The second-order valence-corrected chi connectivity index (χ2v) is 10.5. The number of rotatable bonds is 5. The Morgan fingerprint density at radius 3 is 2.41 bits per heavy atom. The minimum absolute atomic E-state index is 0.484. The Morgan fingerprint density at radius 2 is 1.79 bits per heavy atom. The van der Waals surface area contributed by atoms with Crippen LogP contribution >= 0.6 is 11.3 Å². The van der Waals surface area contributed by atoms with Gasteiger partial charge in [0.2, 0.25) is 0 Å². The summed E-state index contributed by atoms with van der Waals surface area (Å²) >= 11 is 1.72. The molecule has 1 aliphatic carbocycles. The second kappa shape index (κ2) is 12.2. The van der Waals surface area contributed by atoms with Gasteiger partial charge in [0.15, 0.2) is 0 Å². The first-order valence-electron chi connectivity index (χ1n) is 11.8. The van der Waals surface area contributed by atoms with Crippen molar-refractivity contribution in [3.63, 3.8) is 0 Å². The zero-order valence-corrected chi connectivity index (χ0v) is 21.7. The van der Waals surface area contributed by atoms with Gasteiger partial charge < -0.3 is 14.2 Å². The molecule has 2 aromatic carbocycles. The van der Waals surface area contributed by atoms with Crippen LogP contribution in [0.1, 0.15) is 69.4 Å². The normalized spacial score (nSPS) is 14.3. The number of methoxy groups -OCH3 is 2. The van der Waals surface area contributed by atoms with Crippen LogP contribution in [-0.2, 0) is 16.1 Å². The van der Waals surface area contributed by atoms with E-state index >= 15 is 0 Å². The molecule has 0 saturated heterocycles. The number of ether oxygens (including phenoxy) is 3. The highest BCUT2D eigenvalue weighted by Crippen LogP contribution is 2.39. The third-order valence-corrected chi connectivity index (χ3v) is 6.65. The van der Waals surface area contributed by atoms with Gasteiger partial charge in [0, 0.05) is 19.1 Å². The van der Waals surface area contributed by atoms with Crippen molar-refractivity contribution in [1.82, 2.24) is 4.98 Å². The molecule has 0 radical (unpaired) electrons. The number of hydrogen-bond acceptors (Lipinski definition) is 6. The van der Waals surface area contributed by atoms with E-state index in [-0.39, 0.29) is 0 Å². The maximum absolute atomic E-state index is 12.1. The molecule has 0 spiro atoms. The summed E-state index contributed by atoms with van der Waals surface area (Å²) in [5.74, 6) is 1.17. The van der Waals surface area contributed by atoms with E-state index in [0.29, 0.717) is 24.0 Å². The van der Waals surface area contributed by atoms with Gasteiger partial charge in [0.25, 0.3) is 0 Å². The lowest BCUT2D eigenvalue weighted by atomic mass is 9.90. The van der Waals surface area contributed by atoms with Gasteiger partial charge in [-0.2, -0.15) is 0 Å². The van der Waals surface area contributed by atoms with Crippen molar-refractivity contribution in [1.29, 1.82) is 0 Å². The second-order valence-electron chi connectivity index (χ2n) is 9.45. The molecule has 34 heavy (non-hydrogen) atoms. The Balaban J connectivity index is 0.000000302. The molecular weight excluding hydrogens is 448 g/mol. The molecule has 1 saturated carbocycles. The first-order valence-corrected chi connectivity index (χ1v) is 12.6. The molecule has 1 amide bonds. The smallest absolute Gasteiger partial charge is 0.412 e. The van der Waals surface area contributed by atoms with Crippen LogP contribution in [0.4, 0.5) is 10.5 Å². The highest BCUT2D eigenvalue weighted by atomic mass is 32.1. The molecule has 3 aromatic rings. The van der Waals surface area contributed by atoms with Crippen LogP contribution in [0.3, 0.4) is 0 Å². The topological polar surface area (TPSA) is 69.7 Å². The van der Waals surface area contributed by atoms with E-state index in [9.17, 15) is 4.79 Å². The number of anilines is 1. The molecule has 6 nitrogen and oxygen atoms in total. The van der Waals surface area contributed by atoms with Crippen LogP contribution in [0.15, 0.2) is 42.5 Å². The molecule has 184 valence electrons. The minimum Gasteiger partial charge on any atom is -0.494 e. The van der Waals surface area contributed by atoms with Crippen molar-refractivity contribution in [2.75, 3.05) is 19.5 Å². The van der Waals surface area contributed by atoms with Crippen LogP contribution in [-0.4, -0.2) is 30.9 Å². The number of nitrogens with one attached hydrogen (secondary N) is 1. The van der Waals surface area contributed by atoms with Crippen LogP contribution in [0.5, 0.6) is 5.75 Å². The number of fused-ring (bicyclic) bond motifs is 1. The molecule has 0 atom stereocenters. The van der Waals surface area contributed by atoms with Gasteiger partial charge in [-0.15, -0.1) is 11.3 Å². The molecule has 4 rings (SSSR count). The molecule has 1 aliphatic rings. The standard InChI is InChI=1S/C19H26N2O3S.C8H10O/c1-19(2,3)24-18(22)21-13-11-16-14(10-15(13)23-4)20-17(25-16)12-8-6-5-7-9-12;1-9-7-8-5-3-2-4-6-8/h10-12H,5-9H2,1-4H3,(H,21,22);2-6H,7H2,1H3. The fourth-order valence-corrected chi connectivity index (χ4v) is 5.08. The third-order valence-electron chi connectivity index (χ3n) is 5.47. The summed E-state index contributed by atoms with van der Waals surface area (Å²) in [6.07, 6.45) is 5.87. The molecule has 0 aliphatic heterocycles. The summed E-state index contributed by atoms with van der Waals surface area (Å²) in [4.78, 5) is 16.9. The lowest BCUT2D eigenvalue weighted by Gasteiger charge is -2.20. The maximum Gasteiger partial charge on any atom is 0.412 e. The number of carbonyl (C=O) groups excluding carboxylic acids is 1. The highest BCUT2D eigenvalue weighted by molar-refractivity contribution is 7.18. The van der Waals surface area contributed by atoms with Gasteiger partial charge >= 0.3 is 6.09 Å². The van der Waals surface area contributed by atoms with E-state index in [1.165, 1.54) is 42.7 Å². The maximum atomic E-state index is 12.1. The van der Waals surface area contributed by atoms with Crippen LogP contribution in [0, 0.1) is 0 Å². The van der Waals surface area contributed by atoms with E-state index in [0.717, 1.165) is 10.2 Å². The molecule has 0 unspecified atom stereocenters. The Hall–Kier alpha value is -2.64. The van der Waals surface area contributed by atoms with Crippen molar-refractivity contribution < 1.29 is 19.0 Å². The van der Waals surface area contributed by atoms with E-state index in [4.69, 9.17) is 19.2 Å². The molecule has 1 aromatic heterocycles. The van der Waals surface area contributed by atoms with Crippen LogP contribution in [0.25, 0.3) is 10.2 Å². The molecule has 1 N–H and O–H groups in total. The Bertz CT molecular complexity index is 1050. The fourth-order valence-electron chi connectivity index (χ4n) is 3.92. The number of aromatic nitrogens is 1. The SMILES string of the molecule is COCc1ccccc1.COc1cc2nc(C3CCCCC3)sc2cc1NC(=O)OC(C)(C)C. The summed E-state index contributed by atoms with van der Waals surface area (Å²) in [7, 11) is 3.29. The molecule has 0 bridgehead atoms. The number of amides is 1. The fraction of sp³-hybridized carbons (Fsp3) is 0.481. The van der Waals surface area contributed by atoms with Crippen LogP contribution < -0.4 is 10.1 Å². The Morgan fingerprint density at radius 1 is 1.09 bits per heavy atom. The summed E-state index contributed by atoms with van der Waals surface area (Å²) in [5, 5.41) is 3.99. The lowest BCUT2D eigenvalue weighted by Crippen LogP contribution is -2.27. The van der Waals surface area contributed by atoms with Gasteiger partial charge in [0.05, 0.1) is 34.6 Å². The lowest BCUT2D eigenvalue weighted by molar-refractivity contribution is 0.0635. The summed E-state index contributed by atoms with van der Waals surface area (Å²) < 4.78 is 16.8. The number of carbonyl (C=O) groups is 1. The molecule has 1 heterocycles. The van der Waals surface area contributed by atoms with Crippen molar-refractivity contribution in [3.05, 3.63) is 53.0 Å². The van der Waals surface area contributed by atoms with Crippen molar-refractivity contribution >= 4 is 33.3 Å². The average molecular weight is 485 g/mol. The molecular formula is C27H36N2O4S. The number of nitrogens with zero attached hydrogens (tertiary/aromatic N) is 1. The number of benzene rings is 2. The zero-order valence-electron chi connectivity index (χ0n) is 20.8. The minimum atomic E-state index is -0.542. The Labute approximate surface area is 206 Å². The molecule has 7 heteroatoms. The van der Waals surface area contributed by atoms with E-state index < -0.39 is 11.7 Å². The third kappa shape index (κ3) is 7.71. The van der Waals surface area contributed by atoms with Crippen molar-refractivity contribution in [3.8, 4) is 5.75 Å². The van der Waals surface area contributed by atoms with Gasteiger partial charge in [-0.05, 0) is 45.2 Å². The summed E-state index contributed by atoms with van der Waals surface area (Å²) in [5.41, 5.74) is 2.22. The predicted octanol–water partition coefficient (Wildman–Crippen LogP) is 7.53. The Kier molecular flexibility index (Phi) is 9.30. The van der Waals surface area contributed by atoms with Gasteiger partial charge in [-0.1, -0.05) is 49.6 Å². The highest BCUT2D eigenvalue weighted by Gasteiger charge is 2.21. The average Bonchev–Trinajstić information content (AvgIpc) is 3.22. The predicted molar refractivity (Wildman–Crippen MR) is 139 cm³/mol. The first-order chi connectivity index (χ1) is 16.3. The summed E-state index contributed by atoms with van der Waals surface area (Å²) in [6.45, 7) is 6.23. The van der Waals surface area contributed by atoms with E-state index in [1.807, 2.05) is 63.2 Å². The zero-order chi connectivity index (χ0) is 24.6. The monoisotopic (exact) mass is 484 g/mol. The van der Waals surface area contributed by atoms with Crippen molar-refractivity contribution in [2.45, 2.75) is 71.0 Å². The largest absolute Gasteiger partial charge is 0.494 e. The quantitative estimate of drug-likeness (QED) is 0.405. The van der Waals surface area contributed by atoms with Gasteiger partial charge in [-0.3, -0.25) is 5.32 Å². The van der Waals surface area contributed by atoms with E-state index in [1.54, 1.807) is 25.6 Å². The van der Waals surface area contributed by atoms with Crippen LogP contribution in [0.2, 0.25) is 0 Å². The summed E-state index contributed by atoms with van der Waals surface area (Å²) in [6, 6.07) is 13.9. The number of hydrogen-bond donors (Lipinski definition) is 1. The van der Waals surface area contributed by atoms with Crippen molar-refractivity contribution in [2.24, 2.45) is 0 Å². The van der Waals surface area contributed by atoms with Gasteiger partial charge in [-0.25, -0.2) is 9.78 Å².